The number of hydrogen-bond acceptors (Lipinski definition) is 5. The van der Waals surface area contributed by atoms with Crippen LogP contribution in [0.1, 0.15) is 63.5 Å². The molecule has 0 aromatic carbocycles. The summed E-state index contributed by atoms with van der Waals surface area (Å²) in [5, 5.41) is 13.0. The molecule has 0 amide bonds. The van der Waals surface area contributed by atoms with Crippen LogP contribution < -0.4 is 5.63 Å². The first-order valence-corrected chi connectivity index (χ1v) is 11.8. The molecule has 3 aromatic rings. The van der Waals surface area contributed by atoms with Crippen LogP contribution in [0, 0.1) is 18.8 Å². The molecular weight excluding hydrogens is 388 g/mol. The Bertz CT molecular complexity index is 1020. The summed E-state index contributed by atoms with van der Waals surface area (Å²) in [6.07, 6.45) is 5.42. The van der Waals surface area contributed by atoms with Gasteiger partial charge >= 0.3 is 5.63 Å². The van der Waals surface area contributed by atoms with E-state index in [2.05, 4.69) is 36.6 Å². The van der Waals surface area contributed by atoms with Crippen LogP contribution in [-0.2, 0) is 6.42 Å². The minimum absolute atomic E-state index is 0.0410. The van der Waals surface area contributed by atoms with Gasteiger partial charge in [0.25, 0.3) is 0 Å². The van der Waals surface area contributed by atoms with Crippen LogP contribution in [-0.4, -0.2) is 5.11 Å². The highest BCUT2D eigenvalue weighted by molar-refractivity contribution is 7.12. The van der Waals surface area contributed by atoms with Crippen molar-refractivity contribution in [2.75, 3.05) is 0 Å². The molecule has 28 heavy (non-hydrogen) atoms. The maximum Gasteiger partial charge on any atom is 0.343 e. The van der Waals surface area contributed by atoms with Gasteiger partial charge in [-0.15, -0.1) is 22.7 Å². The van der Waals surface area contributed by atoms with Crippen LogP contribution in [0.4, 0.5) is 0 Å². The molecule has 0 bridgehead atoms. The van der Waals surface area contributed by atoms with E-state index in [0.29, 0.717) is 23.2 Å². The third kappa shape index (κ3) is 3.58. The Labute approximate surface area is 172 Å². The Morgan fingerprint density at radius 3 is 2.54 bits per heavy atom. The Morgan fingerprint density at radius 1 is 1.18 bits per heavy atom. The molecule has 0 saturated heterocycles. The highest BCUT2D eigenvalue weighted by Crippen LogP contribution is 2.50. The average molecular weight is 413 g/mol. The minimum Gasteiger partial charge on any atom is -0.507 e. The fourth-order valence-corrected chi connectivity index (χ4v) is 6.13. The van der Waals surface area contributed by atoms with E-state index in [1.165, 1.54) is 22.6 Å². The highest BCUT2D eigenvalue weighted by atomic mass is 32.1. The van der Waals surface area contributed by atoms with Crippen molar-refractivity contribution < 1.29 is 9.52 Å². The molecule has 2 aliphatic rings. The highest BCUT2D eigenvalue weighted by Gasteiger charge is 2.39. The second-order valence-electron chi connectivity index (χ2n) is 8.23. The minimum atomic E-state index is -0.352. The smallest absolute Gasteiger partial charge is 0.343 e. The number of aryl methyl sites for hydroxylation is 1. The molecule has 1 N–H and O–H groups in total. The molecule has 3 nitrogen and oxygen atoms in total. The summed E-state index contributed by atoms with van der Waals surface area (Å²) < 4.78 is 5.88. The SMILES string of the molecule is Cc1ccc(C(c2c(O)cc(C(Cc3cccs3)C3CC3)oc2=O)C2CC2)s1. The summed E-state index contributed by atoms with van der Waals surface area (Å²) in [6.45, 7) is 2.08. The molecule has 0 spiro atoms. The normalized spacial score (nSPS) is 18.9. The second-order valence-corrected chi connectivity index (χ2v) is 10.6. The van der Waals surface area contributed by atoms with Crippen LogP contribution in [0.25, 0.3) is 0 Å². The van der Waals surface area contributed by atoms with Crippen molar-refractivity contribution in [2.24, 2.45) is 11.8 Å². The average Bonchev–Trinajstić information content (AvgIpc) is 3.58. The molecule has 0 radical (unpaired) electrons. The van der Waals surface area contributed by atoms with Gasteiger partial charge in [0.2, 0.25) is 0 Å². The lowest BCUT2D eigenvalue weighted by atomic mass is 9.91. The first-order valence-electron chi connectivity index (χ1n) is 10.1. The molecule has 5 rings (SSSR count). The zero-order chi connectivity index (χ0) is 19.3. The van der Waals surface area contributed by atoms with Crippen LogP contribution >= 0.6 is 22.7 Å². The summed E-state index contributed by atoms with van der Waals surface area (Å²) in [5.74, 6) is 1.89. The monoisotopic (exact) mass is 412 g/mol. The first kappa shape index (κ1) is 18.2. The lowest BCUT2D eigenvalue weighted by Crippen LogP contribution is -2.17. The van der Waals surface area contributed by atoms with E-state index in [1.54, 1.807) is 28.7 Å². The Kier molecular flexibility index (Phi) is 4.68. The van der Waals surface area contributed by atoms with Gasteiger partial charge in [-0.2, -0.15) is 0 Å². The molecule has 3 heterocycles. The standard InChI is InChI=1S/C23H24O3S2/c1-13-4-9-20(28-13)21(15-7-8-15)22-18(24)12-19(26-23(22)25)17(14-5-6-14)11-16-3-2-10-27-16/h2-4,9-10,12,14-15,17,21,24H,5-8,11H2,1H3. The Morgan fingerprint density at radius 2 is 1.96 bits per heavy atom. The van der Waals surface area contributed by atoms with Crippen molar-refractivity contribution >= 4 is 22.7 Å². The van der Waals surface area contributed by atoms with E-state index < -0.39 is 0 Å². The predicted octanol–water partition coefficient (Wildman–Crippen LogP) is 6.06. The van der Waals surface area contributed by atoms with E-state index in [9.17, 15) is 9.90 Å². The zero-order valence-corrected chi connectivity index (χ0v) is 17.5. The molecule has 5 heteroatoms. The van der Waals surface area contributed by atoms with Crippen molar-refractivity contribution in [3.8, 4) is 5.75 Å². The molecule has 2 saturated carbocycles. The van der Waals surface area contributed by atoms with E-state index in [-0.39, 0.29) is 23.2 Å². The quantitative estimate of drug-likeness (QED) is 0.513. The summed E-state index contributed by atoms with van der Waals surface area (Å²) in [7, 11) is 0. The predicted molar refractivity (Wildman–Crippen MR) is 114 cm³/mol. The summed E-state index contributed by atoms with van der Waals surface area (Å²) in [6, 6.07) is 10.1. The van der Waals surface area contributed by atoms with Crippen molar-refractivity contribution in [2.45, 2.75) is 50.9 Å². The number of rotatable bonds is 7. The van der Waals surface area contributed by atoms with Crippen molar-refractivity contribution in [3.05, 3.63) is 72.1 Å². The van der Waals surface area contributed by atoms with E-state index in [0.717, 1.165) is 24.1 Å². The number of aromatic hydroxyl groups is 1. The fourth-order valence-electron chi connectivity index (χ4n) is 4.28. The zero-order valence-electron chi connectivity index (χ0n) is 15.9. The van der Waals surface area contributed by atoms with Crippen LogP contribution in [0.3, 0.4) is 0 Å². The van der Waals surface area contributed by atoms with Crippen molar-refractivity contribution in [3.63, 3.8) is 0 Å². The van der Waals surface area contributed by atoms with Crippen LogP contribution in [0.15, 0.2) is 44.9 Å². The number of hydrogen-bond donors (Lipinski definition) is 1. The van der Waals surface area contributed by atoms with Gasteiger partial charge in [-0.1, -0.05) is 6.07 Å². The topological polar surface area (TPSA) is 50.4 Å². The van der Waals surface area contributed by atoms with Crippen LogP contribution in [0.2, 0.25) is 0 Å². The van der Waals surface area contributed by atoms with Crippen LogP contribution in [0.5, 0.6) is 5.75 Å². The van der Waals surface area contributed by atoms with Gasteiger partial charge in [0, 0.05) is 32.5 Å². The third-order valence-electron chi connectivity index (χ3n) is 6.02. The Hall–Kier alpha value is -1.85. The van der Waals surface area contributed by atoms with Gasteiger partial charge in [-0.05, 0) is 74.4 Å². The third-order valence-corrected chi connectivity index (χ3v) is 8.00. The van der Waals surface area contributed by atoms with E-state index in [1.807, 2.05) is 0 Å². The van der Waals surface area contributed by atoms with Gasteiger partial charge in [0.1, 0.15) is 11.5 Å². The van der Waals surface area contributed by atoms with Crippen molar-refractivity contribution in [1.29, 1.82) is 0 Å². The molecule has 2 aliphatic carbocycles. The molecule has 0 aliphatic heterocycles. The maximum absolute atomic E-state index is 13.0. The van der Waals surface area contributed by atoms with Gasteiger partial charge in [0.05, 0.1) is 5.56 Å². The van der Waals surface area contributed by atoms with E-state index in [4.69, 9.17) is 4.42 Å². The Balaban J connectivity index is 1.52. The second kappa shape index (κ2) is 7.20. The van der Waals surface area contributed by atoms with Gasteiger partial charge in [-0.25, -0.2) is 4.79 Å². The van der Waals surface area contributed by atoms with Crippen molar-refractivity contribution in [1.82, 2.24) is 0 Å². The summed E-state index contributed by atoms with van der Waals surface area (Å²) in [5.41, 5.74) is 0.105. The molecule has 3 aromatic heterocycles. The summed E-state index contributed by atoms with van der Waals surface area (Å²) in [4.78, 5) is 16.7. The van der Waals surface area contributed by atoms with Gasteiger partial charge < -0.3 is 9.52 Å². The van der Waals surface area contributed by atoms with Gasteiger partial charge in [0.15, 0.2) is 0 Å². The molecule has 2 unspecified atom stereocenters. The largest absolute Gasteiger partial charge is 0.507 e. The lowest BCUT2D eigenvalue weighted by Gasteiger charge is -2.19. The maximum atomic E-state index is 13.0. The fraction of sp³-hybridized carbons (Fsp3) is 0.435. The van der Waals surface area contributed by atoms with E-state index >= 15 is 0 Å². The first-order chi connectivity index (χ1) is 13.6. The lowest BCUT2D eigenvalue weighted by molar-refractivity contribution is 0.371. The summed E-state index contributed by atoms with van der Waals surface area (Å²) >= 11 is 3.45. The molecule has 2 atom stereocenters. The molecule has 2 fully saturated rings. The molecular formula is C23H24O3S2. The molecule has 146 valence electrons. The van der Waals surface area contributed by atoms with Gasteiger partial charge in [-0.3, -0.25) is 0 Å². The number of thiophene rings is 2.